The van der Waals surface area contributed by atoms with Crippen LogP contribution in [0, 0.1) is 0 Å². The first-order valence-corrected chi connectivity index (χ1v) is 12.8. The van der Waals surface area contributed by atoms with Crippen molar-refractivity contribution in [3.8, 4) is 5.75 Å². The zero-order valence-electron chi connectivity index (χ0n) is 21.8. The number of benzene rings is 3. The van der Waals surface area contributed by atoms with E-state index in [0.29, 0.717) is 12.2 Å². The maximum atomic E-state index is 14.2. The Hall–Kier alpha value is -5.12. The van der Waals surface area contributed by atoms with Gasteiger partial charge in [-0.25, -0.2) is 9.69 Å². The number of aliphatic carboxylic acids is 1. The average Bonchev–Trinajstić information content (AvgIpc) is 3.45. The molecule has 3 heterocycles. The molecule has 3 N–H and O–H groups in total. The molecule has 3 aromatic carbocycles. The number of hydrogen-bond acceptors (Lipinski definition) is 5. The van der Waals surface area contributed by atoms with Gasteiger partial charge >= 0.3 is 12.0 Å². The van der Waals surface area contributed by atoms with Crippen LogP contribution >= 0.6 is 0 Å². The number of carboxylic acids is 1. The van der Waals surface area contributed by atoms with Crippen LogP contribution in [-0.2, 0) is 16.0 Å². The van der Waals surface area contributed by atoms with Gasteiger partial charge in [0, 0.05) is 23.0 Å². The van der Waals surface area contributed by atoms with E-state index in [1.54, 1.807) is 24.1 Å². The average molecular weight is 539 g/mol. The van der Waals surface area contributed by atoms with Crippen molar-refractivity contribution in [2.75, 3.05) is 12.0 Å². The van der Waals surface area contributed by atoms with Crippen LogP contribution in [-0.4, -0.2) is 58.0 Å². The molecular formula is C30H26N4O6. The van der Waals surface area contributed by atoms with E-state index in [2.05, 4.69) is 10.3 Å². The van der Waals surface area contributed by atoms with Crippen LogP contribution in [0.5, 0.6) is 5.75 Å². The third-order valence-electron chi connectivity index (χ3n) is 7.57. The van der Waals surface area contributed by atoms with Gasteiger partial charge < -0.3 is 20.1 Å². The number of para-hydroxylation sites is 2. The lowest BCUT2D eigenvalue weighted by molar-refractivity contribution is -0.138. The number of carboxylic acid groups (broad SMARTS) is 1. The minimum Gasteiger partial charge on any atom is -0.497 e. The second kappa shape index (κ2) is 9.57. The zero-order valence-corrected chi connectivity index (χ0v) is 21.8. The maximum absolute atomic E-state index is 14.2. The number of methoxy groups -OCH3 is 1. The number of imide groups is 1. The smallest absolute Gasteiger partial charge is 0.332 e. The van der Waals surface area contributed by atoms with Crippen LogP contribution in [0.1, 0.15) is 40.1 Å². The van der Waals surface area contributed by atoms with E-state index in [-0.39, 0.29) is 11.3 Å². The molecule has 4 amide bonds. The van der Waals surface area contributed by atoms with Crippen LogP contribution in [0.2, 0.25) is 0 Å². The second-order valence-electron chi connectivity index (χ2n) is 9.88. The topological polar surface area (TPSA) is 132 Å². The molecule has 1 aromatic heterocycles. The zero-order chi connectivity index (χ0) is 28.1. The molecule has 2 aliphatic rings. The summed E-state index contributed by atoms with van der Waals surface area (Å²) in [5.74, 6) is -1.75. The number of hydrogen-bond donors (Lipinski definition) is 3. The van der Waals surface area contributed by atoms with Gasteiger partial charge in [0.2, 0.25) is 0 Å². The van der Waals surface area contributed by atoms with E-state index in [9.17, 15) is 24.3 Å². The third kappa shape index (κ3) is 3.87. The molecule has 0 aliphatic carbocycles. The number of rotatable bonds is 6. The second-order valence-corrected chi connectivity index (χ2v) is 9.88. The monoisotopic (exact) mass is 538 g/mol. The molecule has 4 aromatic rings. The Balaban J connectivity index is 1.47. The highest BCUT2D eigenvalue weighted by atomic mass is 16.5. The minimum atomic E-state index is -1.20. The van der Waals surface area contributed by atoms with Crippen LogP contribution < -0.4 is 15.0 Å². The molecular weight excluding hydrogens is 512 g/mol. The van der Waals surface area contributed by atoms with Crippen molar-refractivity contribution in [2.45, 2.75) is 31.5 Å². The molecule has 6 rings (SSSR count). The van der Waals surface area contributed by atoms with Gasteiger partial charge in [-0.05, 0) is 48.4 Å². The molecule has 40 heavy (non-hydrogen) atoms. The van der Waals surface area contributed by atoms with E-state index in [0.717, 1.165) is 32.6 Å². The van der Waals surface area contributed by atoms with Crippen molar-refractivity contribution in [3.63, 3.8) is 0 Å². The lowest BCUT2D eigenvalue weighted by atomic mass is 9.89. The van der Waals surface area contributed by atoms with Gasteiger partial charge in [0.1, 0.15) is 23.9 Å². The quantitative estimate of drug-likeness (QED) is 0.320. The fourth-order valence-electron chi connectivity index (χ4n) is 5.65. The number of nitrogens with one attached hydrogen (secondary N) is 2. The summed E-state index contributed by atoms with van der Waals surface area (Å²) in [7, 11) is 1.57. The van der Waals surface area contributed by atoms with E-state index in [1.807, 2.05) is 48.5 Å². The lowest BCUT2D eigenvalue weighted by Gasteiger charge is -2.36. The van der Waals surface area contributed by atoms with Gasteiger partial charge in [0.25, 0.3) is 11.8 Å². The number of urea groups is 1. The molecule has 0 radical (unpaired) electrons. The number of fused-ring (bicyclic) bond motifs is 4. The summed E-state index contributed by atoms with van der Waals surface area (Å²) < 4.78 is 5.46. The standard InChI is InChI=1S/C30H26N4O6/c1-16(29(37)38)31-27(35)20-11-4-6-13-23(20)34-28(36)24-15-21-19-10-3-5-12-22(19)32-25(21)26(33(24)30(34)39)17-8-7-9-18(14-17)40-2/h3-14,16,24,26,32H,15H2,1-2H3,(H,31,35)(H,37,38). The Kier molecular flexibility index (Phi) is 6.02. The van der Waals surface area contributed by atoms with E-state index < -0.39 is 41.9 Å². The van der Waals surface area contributed by atoms with Crippen molar-refractivity contribution in [1.82, 2.24) is 15.2 Å². The third-order valence-corrected chi connectivity index (χ3v) is 7.57. The Morgan fingerprint density at radius 3 is 2.58 bits per heavy atom. The van der Waals surface area contributed by atoms with Crippen molar-refractivity contribution in [2.24, 2.45) is 0 Å². The fourth-order valence-corrected chi connectivity index (χ4v) is 5.65. The molecule has 10 heteroatoms. The highest BCUT2D eigenvalue weighted by molar-refractivity contribution is 6.24. The van der Waals surface area contributed by atoms with Crippen molar-refractivity contribution >= 4 is 40.4 Å². The lowest BCUT2D eigenvalue weighted by Crippen LogP contribution is -2.44. The molecule has 3 unspecified atom stereocenters. The van der Waals surface area contributed by atoms with Crippen LogP contribution in [0.25, 0.3) is 10.9 Å². The van der Waals surface area contributed by atoms with Crippen LogP contribution in [0.15, 0.2) is 72.8 Å². The predicted molar refractivity (Wildman–Crippen MR) is 146 cm³/mol. The molecule has 202 valence electrons. The normalized spacial score (nSPS) is 18.9. The Morgan fingerprint density at radius 2 is 1.80 bits per heavy atom. The summed E-state index contributed by atoms with van der Waals surface area (Å²) >= 11 is 0. The first-order chi connectivity index (χ1) is 19.3. The number of H-pyrrole nitrogens is 1. The minimum absolute atomic E-state index is 0.0269. The number of anilines is 1. The number of carbonyl (C=O) groups excluding carboxylic acids is 3. The van der Waals surface area contributed by atoms with Crippen molar-refractivity contribution in [3.05, 3.63) is 95.2 Å². The van der Waals surface area contributed by atoms with Crippen LogP contribution in [0.4, 0.5) is 10.5 Å². The van der Waals surface area contributed by atoms with Gasteiger partial charge in [-0.1, -0.05) is 42.5 Å². The summed E-state index contributed by atoms with van der Waals surface area (Å²) in [5.41, 5.74) is 3.57. The summed E-state index contributed by atoms with van der Waals surface area (Å²) in [5, 5.41) is 12.6. The molecule has 2 aliphatic heterocycles. The van der Waals surface area contributed by atoms with Gasteiger partial charge in [0.15, 0.2) is 0 Å². The Morgan fingerprint density at radius 1 is 1.05 bits per heavy atom. The first-order valence-electron chi connectivity index (χ1n) is 12.8. The molecule has 3 atom stereocenters. The van der Waals surface area contributed by atoms with Crippen LogP contribution in [0.3, 0.4) is 0 Å². The van der Waals surface area contributed by atoms with Gasteiger partial charge in [-0.15, -0.1) is 0 Å². The van der Waals surface area contributed by atoms with Crippen molar-refractivity contribution in [1.29, 1.82) is 0 Å². The largest absolute Gasteiger partial charge is 0.497 e. The van der Waals surface area contributed by atoms with Crippen molar-refractivity contribution < 1.29 is 29.0 Å². The Bertz CT molecular complexity index is 1690. The molecule has 1 saturated heterocycles. The summed E-state index contributed by atoms with van der Waals surface area (Å²) in [6, 6.07) is 18.2. The summed E-state index contributed by atoms with van der Waals surface area (Å²) in [4.78, 5) is 58.7. The summed E-state index contributed by atoms with van der Waals surface area (Å²) in [6.45, 7) is 1.34. The number of amides is 4. The molecule has 10 nitrogen and oxygen atoms in total. The number of ether oxygens (including phenoxy) is 1. The Labute approximate surface area is 229 Å². The SMILES string of the molecule is COc1cccc(C2c3[nH]c4ccccc4c3CC3C(=O)N(c4ccccc4C(=O)NC(C)C(=O)O)C(=O)N32)c1. The number of nitrogens with zero attached hydrogens (tertiary/aromatic N) is 2. The number of aromatic amines is 1. The molecule has 1 fully saturated rings. The highest BCUT2D eigenvalue weighted by Crippen LogP contribution is 2.45. The maximum Gasteiger partial charge on any atom is 0.332 e. The molecule has 0 bridgehead atoms. The molecule has 0 saturated carbocycles. The first kappa shape index (κ1) is 25.2. The highest BCUT2D eigenvalue weighted by Gasteiger charge is 2.53. The van der Waals surface area contributed by atoms with Gasteiger partial charge in [0.05, 0.1) is 18.4 Å². The fraction of sp³-hybridized carbons (Fsp3) is 0.200. The number of aromatic nitrogens is 1. The summed E-state index contributed by atoms with van der Waals surface area (Å²) in [6.07, 6.45) is 0.297. The predicted octanol–water partition coefficient (Wildman–Crippen LogP) is 3.86. The van der Waals surface area contributed by atoms with E-state index >= 15 is 0 Å². The molecule has 0 spiro atoms. The van der Waals surface area contributed by atoms with Gasteiger partial charge in [-0.3, -0.25) is 19.3 Å². The van der Waals surface area contributed by atoms with E-state index in [4.69, 9.17) is 4.74 Å². The van der Waals surface area contributed by atoms with E-state index in [1.165, 1.54) is 19.1 Å². The number of carbonyl (C=O) groups is 4. The van der Waals surface area contributed by atoms with Gasteiger partial charge in [-0.2, -0.15) is 0 Å².